The van der Waals surface area contributed by atoms with Gasteiger partial charge < -0.3 is 14.7 Å². The van der Waals surface area contributed by atoms with E-state index in [9.17, 15) is 0 Å². The highest BCUT2D eigenvalue weighted by atomic mass is 15.3. The molecule has 2 atom stereocenters. The first-order valence-electron chi connectivity index (χ1n) is 32.7. The van der Waals surface area contributed by atoms with Crippen LogP contribution in [0.3, 0.4) is 0 Å². The van der Waals surface area contributed by atoms with Crippen LogP contribution in [0.5, 0.6) is 0 Å². The maximum atomic E-state index is 2.91. The molecule has 2 unspecified atom stereocenters. The molecule has 82 heavy (non-hydrogen) atoms. The van der Waals surface area contributed by atoms with Gasteiger partial charge in [-0.15, -0.1) is 0 Å². The third kappa shape index (κ3) is 7.58. The summed E-state index contributed by atoms with van der Waals surface area (Å²) in [4.78, 5) is 8.58. The minimum Gasteiger partial charge on any atom is -0.334 e. The first-order chi connectivity index (χ1) is 38.3. The number of hydrogen-bond acceptors (Lipinski definition) is 3. The van der Waals surface area contributed by atoms with Crippen LogP contribution in [-0.2, 0) is 48.7 Å². The second-order valence-corrected chi connectivity index (χ2v) is 33.8. The zero-order valence-electron chi connectivity index (χ0n) is 54.1. The van der Waals surface area contributed by atoms with E-state index in [-0.39, 0.29) is 61.0 Å². The lowest BCUT2D eigenvalue weighted by Crippen LogP contribution is -2.62. The van der Waals surface area contributed by atoms with Crippen molar-refractivity contribution in [1.29, 1.82) is 0 Å². The molecule has 1 saturated carbocycles. The summed E-state index contributed by atoms with van der Waals surface area (Å²) in [5.41, 5.74) is 29.2. The molecule has 8 aliphatic rings. The molecule has 0 saturated heterocycles. The van der Waals surface area contributed by atoms with E-state index in [1.54, 1.807) is 11.1 Å². The minimum atomic E-state index is -0.140. The second kappa shape index (κ2) is 17.2. The van der Waals surface area contributed by atoms with Gasteiger partial charge in [-0.05, 0) is 236 Å². The van der Waals surface area contributed by atoms with Gasteiger partial charge in [-0.1, -0.05) is 186 Å². The molecular formula is C78H98BN3. The number of para-hydroxylation sites is 1. The molecule has 0 amide bonds. The molecule has 0 bridgehead atoms. The molecular weight excluding hydrogens is 990 g/mol. The molecule has 6 aromatic carbocycles. The van der Waals surface area contributed by atoms with E-state index in [4.69, 9.17) is 0 Å². The molecule has 6 aromatic rings. The highest BCUT2D eigenvalue weighted by molar-refractivity contribution is 7.00. The molecule has 14 rings (SSSR count). The van der Waals surface area contributed by atoms with Crippen molar-refractivity contribution in [2.45, 2.75) is 269 Å². The Hall–Kier alpha value is -5.22. The Morgan fingerprint density at radius 1 is 0.293 bits per heavy atom. The fourth-order valence-electron chi connectivity index (χ4n) is 18.7. The van der Waals surface area contributed by atoms with E-state index in [0.29, 0.717) is 0 Å². The van der Waals surface area contributed by atoms with Crippen molar-refractivity contribution in [3.8, 4) is 0 Å². The van der Waals surface area contributed by atoms with E-state index in [0.717, 1.165) is 6.42 Å². The molecule has 3 heterocycles. The van der Waals surface area contributed by atoms with E-state index < -0.39 is 0 Å². The summed E-state index contributed by atoms with van der Waals surface area (Å²) in [7, 11) is 0. The van der Waals surface area contributed by atoms with Gasteiger partial charge in [-0.25, -0.2) is 0 Å². The number of anilines is 8. The van der Waals surface area contributed by atoms with Crippen LogP contribution in [0.1, 0.15) is 265 Å². The van der Waals surface area contributed by atoms with Crippen molar-refractivity contribution in [2.24, 2.45) is 0 Å². The van der Waals surface area contributed by atoms with Crippen molar-refractivity contribution in [1.82, 2.24) is 0 Å². The van der Waals surface area contributed by atoms with Crippen LogP contribution in [0.15, 0.2) is 97.1 Å². The van der Waals surface area contributed by atoms with Crippen molar-refractivity contribution >= 4 is 68.6 Å². The summed E-state index contributed by atoms with van der Waals surface area (Å²) in [5, 5.41) is 0. The van der Waals surface area contributed by atoms with Gasteiger partial charge in [-0.2, -0.15) is 0 Å². The zero-order valence-corrected chi connectivity index (χ0v) is 54.1. The summed E-state index contributed by atoms with van der Waals surface area (Å²) in [6.07, 6.45) is 17.0. The monoisotopic (exact) mass is 1090 g/mol. The Kier molecular flexibility index (Phi) is 11.5. The molecule has 1 fully saturated rings. The van der Waals surface area contributed by atoms with Crippen LogP contribution in [0.2, 0.25) is 0 Å². The number of fused-ring (bicyclic) bond motifs is 11. The third-order valence-electron chi connectivity index (χ3n) is 25.0. The highest BCUT2D eigenvalue weighted by Crippen LogP contribution is 2.62. The lowest BCUT2D eigenvalue weighted by atomic mass is 9.32. The molecule has 0 N–H and O–H groups in total. The van der Waals surface area contributed by atoms with Crippen molar-refractivity contribution in [2.75, 3.05) is 14.7 Å². The Morgan fingerprint density at radius 2 is 0.659 bits per heavy atom. The average molecular weight is 1090 g/mol. The van der Waals surface area contributed by atoms with Crippen molar-refractivity contribution in [3.05, 3.63) is 147 Å². The van der Waals surface area contributed by atoms with Crippen LogP contribution >= 0.6 is 0 Å². The summed E-state index contributed by atoms with van der Waals surface area (Å²) < 4.78 is 0. The topological polar surface area (TPSA) is 9.72 Å². The van der Waals surface area contributed by atoms with Gasteiger partial charge in [0.05, 0.1) is 5.54 Å². The fourth-order valence-corrected chi connectivity index (χ4v) is 18.7. The summed E-state index contributed by atoms with van der Waals surface area (Å²) in [6.45, 7) is 45.7. The van der Waals surface area contributed by atoms with E-state index >= 15 is 0 Å². The van der Waals surface area contributed by atoms with Crippen molar-refractivity contribution in [3.63, 3.8) is 0 Å². The van der Waals surface area contributed by atoms with E-state index in [2.05, 4.69) is 236 Å². The van der Waals surface area contributed by atoms with E-state index in [1.807, 2.05) is 0 Å². The molecule has 4 heteroatoms. The van der Waals surface area contributed by atoms with Gasteiger partial charge in [0.2, 0.25) is 0 Å². The lowest BCUT2D eigenvalue weighted by molar-refractivity contribution is 0.218. The summed E-state index contributed by atoms with van der Waals surface area (Å²) >= 11 is 0. The van der Waals surface area contributed by atoms with Crippen LogP contribution in [-0.4, -0.2) is 12.3 Å². The van der Waals surface area contributed by atoms with Gasteiger partial charge in [0, 0.05) is 50.9 Å². The normalized spacial score (nSPS) is 26.5. The predicted octanol–water partition coefficient (Wildman–Crippen LogP) is 19.7. The smallest absolute Gasteiger partial charge is 0.252 e. The van der Waals surface area contributed by atoms with Gasteiger partial charge in [0.1, 0.15) is 0 Å². The Morgan fingerprint density at radius 3 is 1.09 bits per heavy atom. The van der Waals surface area contributed by atoms with Gasteiger partial charge >= 0.3 is 0 Å². The van der Waals surface area contributed by atoms with Crippen LogP contribution in [0.25, 0.3) is 0 Å². The fraction of sp³-hybridized carbons (Fsp3) is 0.538. The molecule has 5 aliphatic carbocycles. The molecule has 428 valence electrons. The quantitative estimate of drug-likeness (QED) is 0.163. The van der Waals surface area contributed by atoms with Crippen LogP contribution in [0, 0.1) is 0 Å². The third-order valence-corrected chi connectivity index (χ3v) is 25.0. The molecule has 3 aliphatic heterocycles. The molecule has 0 radical (unpaired) electrons. The van der Waals surface area contributed by atoms with Gasteiger partial charge in [0.15, 0.2) is 0 Å². The predicted molar refractivity (Wildman–Crippen MR) is 354 cm³/mol. The first kappa shape index (κ1) is 54.7. The second-order valence-electron chi connectivity index (χ2n) is 33.8. The minimum absolute atomic E-state index is 0.0130. The summed E-state index contributed by atoms with van der Waals surface area (Å²) in [6, 6.07) is 41.7. The Labute approximate surface area is 496 Å². The average Bonchev–Trinajstić information content (AvgIpc) is 3.06. The highest BCUT2D eigenvalue weighted by Gasteiger charge is 2.58. The lowest BCUT2D eigenvalue weighted by Gasteiger charge is -2.51. The number of benzene rings is 6. The SMILES string of the molecule is CC1(C)CCC(C)(C)c2cc(N3c4cc5c(cc4B4c6cc7c(cc6N(c6ccc8c(c6)C(C)(C)CCC8(C)C)c6cc(N8c9ccccc9C9(C)CCCCCCC89C)cc3c64)C(C)(C)CCC7(C)C)C(C)(C)CCC5(C)C)ccc21. The number of nitrogens with zero attached hydrogens (tertiary/aromatic N) is 3. The largest absolute Gasteiger partial charge is 0.334 e. The molecule has 0 aromatic heterocycles. The summed E-state index contributed by atoms with van der Waals surface area (Å²) in [5.74, 6) is 0. The maximum Gasteiger partial charge on any atom is 0.252 e. The number of rotatable bonds is 3. The van der Waals surface area contributed by atoms with E-state index in [1.165, 1.54) is 184 Å². The van der Waals surface area contributed by atoms with Crippen LogP contribution < -0.4 is 31.1 Å². The first-order valence-corrected chi connectivity index (χ1v) is 32.7. The number of hydrogen-bond donors (Lipinski definition) is 0. The van der Waals surface area contributed by atoms with Gasteiger partial charge in [0.25, 0.3) is 6.71 Å². The van der Waals surface area contributed by atoms with Crippen molar-refractivity contribution < 1.29 is 0 Å². The van der Waals surface area contributed by atoms with Crippen LogP contribution in [0.4, 0.5) is 45.5 Å². The van der Waals surface area contributed by atoms with Gasteiger partial charge in [-0.3, -0.25) is 0 Å². The Balaban J connectivity index is 1.16. The standard InChI is InChI=1S/C78H98BN3/c1-69(2)33-35-71(5,6)55-41-49(27-29-52(55)69)80-64-47-59-57(73(9,10)37-39-75(59,13)14)45-61(64)79-62-46-58-60(76(15,16)40-38-74(58,11)12)48-65(62)81(50-28-30-53-56(42-50)72(7,8)36-34-70(53,3)4)67-44-51(43-66(80)68(67)79)82-63-26-22-21-25-54(63)77(17)31-23-19-20-24-32-78(77,82)18/h21-22,25-30,41-48H,19-20,23-24,31-40H2,1-18H3. The maximum absolute atomic E-state index is 2.91. The molecule has 0 spiro atoms. The Bertz CT molecular complexity index is 3500. The zero-order chi connectivity index (χ0) is 58.1. The molecule has 3 nitrogen and oxygen atoms in total.